The lowest BCUT2D eigenvalue weighted by Crippen LogP contribution is -2.48. The fourth-order valence-corrected chi connectivity index (χ4v) is 2.59. The number of carbonyl (C=O) groups is 1. The lowest BCUT2D eigenvalue weighted by molar-refractivity contribution is -0.119. The Morgan fingerprint density at radius 1 is 1.10 bits per heavy atom. The summed E-state index contributed by atoms with van der Waals surface area (Å²) < 4.78 is 0. The van der Waals surface area contributed by atoms with E-state index in [1.807, 2.05) is 0 Å². The summed E-state index contributed by atoms with van der Waals surface area (Å²) in [6, 6.07) is 8.91. The first kappa shape index (κ1) is 15.0. The Bertz CT molecular complexity index is 434. The van der Waals surface area contributed by atoms with E-state index in [4.69, 9.17) is 5.73 Å². The third-order valence-electron chi connectivity index (χ3n) is 3.90. The molecule has 4 heteroatoms. The van der Waals surface area contributed by atoms with Gasteiger partial charge in [-0.05, 0) is 17.0 Å². The van der Waals surface area contributed by atoms with Crippen molar-refractivity contribution < 1.29 is 4.79 Å². The number of carbonyl (C=O) groups excluding carboxylic acids is 1. The molecule has 20 heavy (non-hydrogen) atoms. The summed E-state index contributed by atoms with van der Waals surface area (Å²) in [4.78, 5) is 15.5. The Labute approximate surface area is 121 Å². The second-order valence-corrected chi connectivity index (χ2v) is 5.91. The van der Waals surface area contributed by atoms with Crippen molar-refractivity contribution in [1.29, 1.82) is 0 Å². The fourth-order valence-electron chi connectivity index (χ4n) is 2.59. The molecule has 0 aliphatic carbocycles. The Balaban J connectivity index is 1.81. The smallest absolute Gasteiger partial charge is 0.231 e. The average Bonchev–Trinajstić information content (AvgIpc) is 2.41. The van der Waals surface area contributed by atoms with Crippen molar-refractivity contribution in [1.82, 2.24) is 9.80 Å². The monoisotopic (exact) mass is 275 g/mol. The molecule has 0 bridgehead atoms. The van der Waals surface area contributed by atoms with Crippen LogP contribution in [0.3, 0.4) is 0 Å². The van der Waals surface area contributed by atoms with Gasteiger partial charge >= 0.3 is 0 Å². The van der Waals surface area contributed by atoms with E-state index >= 15 is 0 Å². The van der Waals surface area contributed by atoms with Gasteiger partial charge in [0.2, 0.25) is 5.91 Å². The van der Waals surface area contributed by atoms with Gasteiger partial charge in [0, 0.05) is 32.7 Å². The van der Waals surface area contributed by atoms with Gasteiger partial charge in [-0.2, -0.15) is 0 Å². The first-order chi connectivity index (χ1) is 9.54. The molecular formula is C16H25N3O. The van der Waals surface area contributed by atoms with Gasteiger partial charge in [0.25, 0.3) is 0 Å². The number of hydrogen-bond donors (Lipinski definition) is 1. The van der Waals surface area contributed by atoms with Crippen LogP contribution in [0.15, 0.2) is 24.3 Å². The van der Waals surface area contributed by atoms with E-state index in [2.05, 4.69) is 47.9 Å². The predicted octanol–water partition coefficient (Wildman–Crippen LogP) is 1.41. The molecule has 0 spiro atoms. The lowest BCUT2D eigenvalue weighted by atomic mass is 10.0. The molecule has 1 aromatic carbocycles. The first-order valence-corrected chi connectivity index (χ1v) is 7.36. The van der Waals surface area contributed by atoms with E-state index in [1.54, 1.807) is 0 Å². The summed E-state index contributed by atoms with van der Waals surface area (Å²) in [5, 5.41) is 0. The van der Waals surface area contributed by atoms with E-state index < -0.39 is 0 Å². The SMILES string of the molecule is CC(C)c1ccc(CN2CCN(CC(N)=O)CC2)cc1. The first-order valence-electron chi connectivity index (χ1n) is 7.36. The quantitative estimate of drug-likeness (QED) is 0.884. The minimum Gasteiger partial charge on any atom is -0.369 e. The third kappa shape index (κ3) is 4.32. The highest BCUT2D eigenvalue weighted by Gasteiger charge is 2.17. The Morgan fingerprint density at radius 3 is 2.15 bits per heavy atom. The van der Waals surface area contributed by atoms with Crippen LogP contribution in [0.2, 0.25) is 0 Å². The number of nitrogens with two attached hydrogens (primary N) is 1. The third-order valence-corrected chi connectivity index (χ3v) is 3.90. The van der Waals surface area contributed by atoms with Crippen LogP contribution in [0.5, 0.6) is 0 Å². The van der Waals surface area contributed by atoms with Crippen LogP contribution in [0.4, 0.5) is 0 Å². The fraction of sp³-hybridized carbons (Fsp3) is 0.562. The Hall–Kier alpha value is -1.39. The van der Waals surface area contributed by atoms with Gasteiger partial charge in [0.05, 0.1) is 6.54 Å². The molecule has 1 amide bonds. The van der Waals surface area contributed by atoms with Crippen LogP contribution in [0.25, 0.3) is 0 Å². The highest BCUT2D eigenvalue weighted by atomic mass is 16.1. The van der Waals surface area contributed by atoms with E-state index in [9.17, 15) is 4.79 Å². The molecule has 1 aliphatic rings. The largest absolute Gasteiger partial charge is 0.369 e. The average molecular weight is 275 g/mol. The van der Waals surface area contributed by atoms with Gasteiger partial charge in [0.1, 0.15) is 0 Å². The van der Waals surface area contributed by atoms with Crippen LogP contribution in [0.1, 0.15) is 30.9 Å². The molecule has 0 saturated carbocycles. The molecule has 0 radical (unpaired) electrons. The number of nitrogens with zero attached hydrogens (tertiary/aromatic N) is 2. The highest BCUT2D eigenvalue weighted by molar-refractivity contribution is 5.75. The lowest BCUT2D eigenvalue weighted by Gasteiger charge is -2.34. The summed E-state index contributed by atoms with van der Waals surface area (Å²) in [6.45, 7) is 9.65. The van der Waals surface area contributed by atoms with Crippen molar-refractivity contribution in [3.05, 3.63) is 35.4 Å². The Kier molecular flexibility index (Phi) is 5.15. The minimum atomic E-state index is -0.234. The van der Waals surface area contributed by atoms with Gasteiger partial charge in [-0.1, -0.05) is 38.1 Å². The topological polar surface area (TPSA) is 49.6 Å². The van der Waals surface area contributed by atoms with Crippen molar-refractivity contribution in [3.8, 4) is 0 Å². The van der Waals surface area contributed by atoms with E-state index in [0.717, 1.165) is 32.7 Å². The molecule has 1 fully saturated rings. The zero-order valence-corrected chi connectivity index (χ0v) is 12.5. The van der Waals surface area contributed by atoms with Crippen LogP contribution in [0, 0.1) is 0 Å². The van der Waals surface area contributed by atoms with Crippen molar-refractivity contribution in [2.45, 2.75) is 26.3 Å². The maximum Gasteiger partial charge on any atom is 0.231 e. The Morgan fingerprint density at radius 2 is 1.65 bits per heavy atom. The summed E-state index contributed by atoms with van der Waals surface area (Å²) >= 11 is 0. The standard InChI is InChI=1S/C16H25N3O/c1-13(2)15-5-3-14(4-6-15)11-18-7-9-19(10-8-18)12-16(17)20/h3-6,13H,7-12H2,1-2H3,(H2,17,20). The molecule has 0 aromatic heterocycles. The van der Waals surface area contributed by atoms with E-state index in [1.165, 1.54) is 11.1 Å². The van der Waals surface area contributed by atoms with Crippen LogP contribution < -0.4 is 5.73 Å². The second-order valence-electron chi connectivity index (χ2n) is 5.91. The van der Waals surface area contributed by atoms with Gasteiger partial charge in [-0.3, -0.25) is 14.6 Å². The number of amides is 1. The molecule has 1 aromatic rings. The van der Waals surface area contributed by atoms with Crippen LogP contribution in [-0.2, 0) is 11.3 Å². The normalized spacial score (nSPS) is 17.6. The molecule has 4 nitrogen and oxygen atoms in total. The van der Waals surface area contributed by atoms with E-state index in [0.29, 0.717) is 12.5 Å². The van der Waals surface area contributed by atoms with Gasteiger partial charge in [0.15, 0.2) is 0 Å². The zero-order chi connectivity index (χ0) is 14.5. The van der Waals surface area contributed by atoms with Crippen molar-refractivity contribution in [2.24, 2.45) is 5.73 Å². The number of benzene rings is 1. The summed E-state index contributed by atoms with van der Waals surface area (Å²) in [5.74, 6) is 0.351. The number of piperazine rings is 1. The molecular weight excluding hydrogens is 250 g/mol. The number of hydrogen-bond acceptors (Lipinski definition) is 3. The minimum absolute atomic E-state index is 0.234. The maximum atomic E-state index is 10.9. The summed E-state index contributed by atoms with van der Waals surface area (Å²) in [7, 11) is 0. The van der Waals surface area contributed by atoms with E-state index in [-0.39, 0.29) is 5.91 Å². The zero-order valence-electron chi connectivity index (χ0n) is 12.5. The summed E-state index contributed by atoms with van der Waals surface area (Å²) in [6.07, 6.45) is 0. The number of rotatable bonds is 5. The van der Waals surface area contributed by atoms with Crippen LogP contribution >= 0.6 is 0 Å². The maximum absolute atomic E-state index is 10.9. The molecule has 1 aliphatic heterocycles. The molecule has 0 unspecified atom stereocenters. The molecule has 2 rings (SSSR count). The van der Waals surface area contributed by atoms with Crippen molar-refractivity contribution in [3.63, 3.8) is 0 Å². The second kappa shape index (κ2) is 6.86. The van der Waals surface area contributed by atoms with Crippen molar-refractivity contribution >= 4 is 5.91 Å². The van der Waals surface area contributed by atoms with Crippen molar-refractivity contribution in [2.75, 3.05) is 32.7 Å². The molecule has 110 valence electrons. The van der Waals surface area contributed by atoms with Gasteiger partial charge in [-0.15, -0.1) is 0 Å². The van der Waals surface area contributed by atoms with Crippen LogP contribution in [-0.4, -0.2) is 48.4 Å². The van der Waals surface area contributed by atoms with Gasteiger partial charge < -0.3 is 5.73 Å². The number of primary amides is 1. The predicted molar refractivity (Wildman–Crippen MR) is 81.4 cm³/mol. The summed E-state index contributed by atoms with van der Waals surface area (Å²) in [5.41, 5.74) is 7.97. The molecule has 0 atom stereocenters. The molecule has 2 N–H and O–H groups in total. The molecule has 1 saturated heterocycles. The van der Waals surface area contributed by atoms with Gasteiger partial charge in [-0.25, -0.2) is 0 Å². The molecule has 1 heterocycles. The highest BCUT2D eigenvalue weighted by Crippen LogP contribution is 2.16.